The van der Waals surface area contributed by atoms with E-state index in [2.05, 4.69) is 65.0 Å². The largest absolute Gasteiger partial charge is 0.368 e. The van der Waals surface area contributed by atoms with Gasteiger partial charge in [0.1, 0.15) is 12.5 Å². The van der Waals surface area contributed by atoms with E-state index in [0.717, 1.165) is 56.1 Å². The Hall–Kier alpha value is -2.41. The molecule has 0 amide bonds. The van der Waals surface area contributed by atoms with Crippen LogP contribution in [0.2, 0.25) is 0 Å². The summed E-state index contributed by atoms with van der Waals surface area (Å²) >= 11 is 1.61. The molecule has 2 aromatic carbocycles. The zero-order valence-electron chi connectivity index (χ0n) is 19.5. The predicted molar refractivity (Wildman–Crippen MR) is 138 cm³/mol. The van der Waals surface area contributed by atoms with Crippen molar-refractivity contribution >= 4 is 38.9 Å². The van der Waals surface area contributed by atoms with Crippen molar-refractivity contribution < 1.29 is 9.13 Å². The highest BCUT2D eigenvalue weighted by Crippen LogP contribution is 2.32. The van der Waals surface area contributed by atoms with E-state index in [1.807, 2.05) is 5.38 Å². The lowest BCUT2D eigenvalue weighted by Crippen LogP contribution is -2.47. The maximum atomic E-state index is 14.1. The van der Waals surface area contributed by atoms with Crippen LogP contribution in [-0.4, -0.2) is 57.0 Å². The Morgan fingerprint density at radius 3 is 2.70 bits per heavy atom. The van der Waals surface area contributed by atoms with Gasteiger partial charge in [0.2, 0.25) is 0 Å². The summed E-state index contributed by atoms with van der Waals surface area (Å²) in [5, 5.41) is 3.22. The first-order valence-electron chi connectivity index (χ1n) is 11.9. The van der Waals surface area contributed by atoms with Gasteiger partial charge in [-0.3, -0.25) is 4.90 Å². The van der Waals surface area contributed by atoms with Crippen LogP contribution in [0, 0.1) is 5.82 Å². The van der Waals surface area contributed by atoms with Crippen LogP contribution in [0.25, 0.3) is 16.2 Å². The van der Waals surface area contributed by atoms with Gasteiger partial charge in [-0.1, -0.05) is 24.3 Å². The number of thiophene rings is 1. The van der Waals surface area contributed by atoms with Crippen LogP contribution in [0.4, 0.5) is 15.8 Å². The highest BCUT2D eigenvalue weighted by molar-refractivity contribution is 7.17. The van der Waals surface area contributed by atoms with Crippen molar-refractivity contribution in [3.63, 3.8) is 0 Å². The third-order valence-electron chi connectivity index (χ3n) is 6.57. The molecule has 1 fully saturated rings. The smallest absolute Gasteiger partial charge is 0.126 e. The molecule has 0 unspecified atom stereocenters. The highest BCUT2D eigenvalue weighted by atomic mass is 32.1. The van der Waals surface area contributed by atoms with Gasteiger partial charge in [0.25, 0.3) is 0 Å². The van der Waals surface area contributed by atoms with Gasteiger partial charge in [0.15, 0.2) is 0 Å². The van der Waals surface area contributed by atoms with Gasteiger partial charge in [0, 0.05) is 60.7 Å². The van der Waals surface area contributed by atoms with Crippen LogP contribution in [0.1, 0.15) is 25.0 Å². The van der Waals surface area contributed by atoms with Gasteiger partial charge < -0.3 is 14.5 Å². The van der Waals surface area contributed by atoms with Crippen molar-refractivity contribution in [1.82, 2.24) is 4.90 Å². The zero-order chi connectivity index (χ0) is 22.8. The first-order valence-corrected chi connectivity index (χ1v) is 12.7. The number of anilines is 2. The molecule has 6 heteroatoms. The first-order chi connectivity index (χ1) is 16.1. The fourth-order valence-electron chi connectivity index (χ4n) is 4.71. The molecule has 3 heterocycles. The summed E-state index contributed by atoms with van der Waals surface area (Å²) in [7, 11) is 0. The fourth-order valence-corrected chi connectivity index (χ4v) is 5.54. The number of piperazine rings is 1. The third-order valence-corrected chi connectivity index (χ3v) is 7.43. The molecule has 2 aliphatic rings. The molecule has 3 aromatic rings. The summed E-state index contributed by atoms with van der Waals surface area (Å²) in [6, 6.07) is 12.3. The number of hydrogen-bond acceptors (Lipinski definition) is 5. The van der Waals surface area contributed by atoms with Crippen LogP contribution >= 0.6 is 11.3 Å². The minimum atomic E-state index is -0.141. The molecule has 0 bridgehead atoms. The van der Waals surface area contributed by atoms with Crippen LogP contribution in [-0.2, 0) is 11.2 Å². The molecule has 0 radical (unpaired) electrons. The maximum Gasteiger partial charge on any atom is 0.126 e. The van der Waals surface area contributed by atoms with Crippen molar-refractivity contribution in [2.75, 3.05) is 55.8 Å². The molecule has 0 saturated carbocycles. The molecule has 33 heavy (non-hydrogen) atoms. The monoisotopic (exact) mass is 465 g/mol. The van der Waals surface area contributed by atoms with E-state index in [0.29, 0.717) is 6.73 Å². The van der Waals surface area contributed by atoms with E-state index < -0.39 is 0 Å². The lowest BCUT2D eigenvalue weighted by atomic mass is 10.0. The second kappa shape index (κ2) is 9.84. The molecule has 4 nitrogen and oxygen atoms in total. The van der Waals surface area contributed by atoms with Crippen molar-refractivity contribution in [3.8, 4) is 0 Å². The summed E-state index contributed by atoms with van der Waals surface area (Å²) in [6.45, 7) is 10.6. The van der Waals surface area contributed by atoms with Crippen LogP contribution in [0.3, 0.4) is 0 Å². The molecule has 1 saturated heterocycles. The van der Waals surface area contributed by atoms with Crippen molar-refractivity contribution in [1.29, 1.82) is 0 Å². The second-order valence-corrected chi connectivity index (χ2v) is 10.1. The summed E-state index contributed by atoms with van der Waals surface area (Å²) in [6.07, 6.45) is 5.67. The Bertz CT molecular complexity index is 1130. The van der Waals surface area contributed by atoms with Gasteiger partial charge in [-0.15, -0.1) is 11.3 Å². The van der Waals surface area contributed by atoms with Gasteiger partial charge in [-0.05, 0) is 61.0 Å². The van der Waals surface area contributed by atoms with E-state index in [-0.39, 0.29) is 11.9 Å². The van der Waals surface area contributed by atoms with E-state index in [9.17, 15) is 4.39 Å². The first kappa shape index (κ1) is 22.4. The van der Waals surface area contributed by atoms with Gasteiger partial charge in [-0.25, -0.2) is 4.39 Å². The summed E-state index contributed by atoms with van der Waals surface area (Å²) in [5.74, 6) is -0.141. The molecule has 0 N–H and O–H groups in total. The standard InChI is InChI=1S/C27H32FN3OS/c1-20(2)32-19-31-9-3-4-22-6-5-21(16-25(22)31)7-10-29-11-13-30(14-12-29)26-17-23(28)18-27-24(26)8-15-33-27/h3-6,8,15-18,20H,7,9-14,19H2,1-2H3. The molecule has 0 spiro atoms. The van der Waals surface area contributed by atoms with Gasteiger partial charge >= 0.3 is 0 Å². The summed E-state index contributed by atoms with van der Waals surface area (Å²) in [4.78, 5) is 7.17. The molecule has 0 atom stereocenters. The van der Waals surface area contributed by atoms with Gasteiger partial charge in [0.05, 0.1) is 6.10 Å². The zero-order valence-corrected chi connectivity index (χ0v) is 20.3. The molecule has 2 aliphatic heterocycles. The topological polar surface area (TPSA) is 19.0 Å². The molecular weight excluding hydrogens is 433 g/mol. The SMILES string of the molecule is CC(C)OCN1CC=Cc2ccc(CCN3CCN(c4cc(F)cc5sccc45)CC3)cc21. The number of nitrogens with zero attached hydrogens (tertiary/aromatic N) is 3. The molecule has 0 aliphatic carbocycles. The second-order valence-electron chi connectivity index (χ2n) is 9.20. The van der Waals surface area contributed by atoms with Crippen molar-refractivity contribution in [2.24, 2.45) is 0 Å². The third kappa shape index (κ3) is 5.08. The average Bonchev–Trinajstić information content (AvgIpc) is 3.29. The van der Waals surface area contributed by atoms with E-state index in [1.54, 1.807) is 23.5 Å². The van der Waals surface area contributed by atoms with Crippen molar-refractivity contribution in [3.05, 3.63) is 64.8 Å². The Labute approximate surface area is 199 Å². The predicted octanol–water partition coefficient (Wildman–Crippen LogP) is 5.62. The fraction of sp³-hybridized carbons (Fsp3) is 0.407. The molecular formula is C27H32FN3OS. The maximum absolute atomic E-state index is 14.1. The Balaban J connectivity index is 1.19. The van der Waals surface area contributed by atoms with Crippen molar-refractivity contribution in [2.45, 2.75) is 26.4 Å². The minimum absolute atomic E-state index is 0.141. The lowest BCUT2D eigenvalue weighted by Gasteiger charge is -2.36. The number of benzene rings is 2. The van der Waals surface area contributed by atoms with Crippen LogP contribution in [0.15, 0.2) is 47.9 Å². The Morgan fingerprint density at radius 2 is 1.88 bits per heavy atom. The van der Waals surface area contributed by atoms with Crippen LogP contribution in [0.5, 0.6) is 0 Å². The van der Waals surface area contributed by atoms with E-state index >= 15 is 0 Å². The molecule has 5 rings (SSSR count). The molecule has 174 valence electrons. The van der Waals surface area contributed by atoms with Crippen LogP contribution < -0.4 is 9.80 Å². The summed E-state index contributed by atoms with van der Waals surface area (Å²) in [5.41, 5.74) is 4.94. The number of hydrogen-bond donors (Lipinski definition) is 0. The number of halogens is 1. The van der Waals surface area contributed by atoms with Gasteiger partial charge in [-0.2, -0.15) is 0 Å². The lowest BCUT2D eigenvalue weighted by molar-refractivity contribution is 0.0801. The number of ether oxygens (including phenoxy) is 1. The Morgan fingerprint density at radius 1 is 1.03 bits per heavy atom. The van der Waals surface area contributed by atoms with E-state index in [4.69, 9.17) is 4.74 Å². The normalized spacial score (nSPS) is 16.7. The average molecular weight is 466 g/mol. The molecule has 1 aromatic heterocycles. The Kier molecular flexibility index (Phi) is 6.67. The quantitative estimate of drug-likeness (QED) is 0.451. The highest BCUT2D eigenvalue weighted by Gasteiger charge is 2.20. The number of fused-ring (bicyclic) bond motifs is 2. The summed E-state index contributed by atoms with van der Waals surface area (Å²) < 4.78 is 21.0. The van der Waals surface area contributed by atoms with E-state index in [1.165, 1.54) is 22.2 Å². The number of rotatable bonds is 7. The minimum Gasteiger partial charge on any atom is -0.368 e.